The molecule has 0 spiro atoms. The van der Waals surface area contributed by atoms with Crippen molar-refractivity contribution >= 4 is 35.1 Å². The average molecular weight is 426 g/mol. The summed E-state index contributed by atoms with van der Waals surface area (Å²) in [5, 5.41) is 7.82. The van der Waals surface area contributed by atoms with Crippen molar-refractivity contribution in [1.82, 2.24) is 14.8 Å². The Morgan fingerprint density at radius 1 is 1.07 bits per heavy atom. The first-order chi connectivity index (χ1) is 14.0. The molecule has 0 radical (unpaired) electrons. The van der Waals surface area contributed by atoms with Gasteiger partial charge < -0.3 is 4.74 Å². The molecule has 0 N–H and O–H groups in total. The zero-order valence-electron chi connectivity index (χ0n) is 15.8. The van der Waals surface area contributed by atoms with Gasteiger partial charge >= 0.3 is 0 Å². The van der Waals surface area contributed by atoms with Gasteiger partial charge in [0.15, 0.2) is 0 Å². The number of hydrogen-bond donors (Lipinski definition) is 0. The number of rotatable bonds is 5. The third-order valence-corrected chi connectivity index (χ3v) is 5.59. The van der Waals surface area contributed by atoms with E-state index in [-0.39, 0.29) is 5.82 Å². The number of nitrogens with zero attached hydrogens (tertiary/aromatic N) is 3. The summed E-state index contributed by atoms with van der Waals surface area (Å²) in [4.78, 5) is 4.66. The van der Waals surface area contributed by atoms with Crippen LogP contribution in [0.15, 0.2) is 53.9 Å². The Balaban J connectivity index is 1.58. The Kier molecular flexibility index (Phi) is 5.47. The van der Waals surface area contributed by atoms with E-state index in [1.54, 1.807) is 35.3 Å². The van der Waals surface area contributed by atoms with Crippen LogP contribution in [0.25, 0.3) is 29.1 Å². The van der Waals surface area contributed by atoms with Gasteiger partial charge in [-0.25, -0.2) is 14.1 Å². The van der Waals surface area contributed by atoms with E-state index in [1.165, 1.54) is 12.1 Å². The molecule has 0 atom stereocenters. The number of aromatic nitrogens is 3. The van der Waals surface area contributed by atoms with Crippen molar-refractivity contribution in [2.24, 2.45) is 0 Å². The van der Waals surface area contributed by atoms with Crippen molar-refractivity contribution in [3.05, 3.63) is 81.1 Å². The van der Waals surface area contributed by atoms with Crippen LogP contribution in [0, 0.1) is 12.7 Å². The molecule has 29 heavy (non-hydrogen) atoms. The minimum absolute atomic E-state index is 0.301. The quantitative estimate of drug-likeness (QED) is 0.378. The van der Waals surface area contributed by atoms with Crippen LogP contribution in [-0.2, 0) is 0 Å². The molecule has 146 valence electrons. The molecular weight excluding hydrogens is 409 g/mol. The number of methoxy groups -OCH3 is 1. The molecule has 2 aromatic carbocycles. The second-order valence-electron chi connectivity index (χ2n) is 6.31. The van der Waals surface area contributed by atoms with E-state index in [9.17, 15) is 4.39 Å². The average Bonchev–Trinajstić information content (AvgIpc) is 3.32. The maximum Gasteiger partial charge on any atom is 0.140 e. The minimum atomic E-state index is -0.301. The number of hydrogen-bond acceptors (Lipinski definition) is 4. The van der Waals surface area contributed by atoms with E-state index in [1.807, 2.05) is 48.7 Å². The SMILES string of the molecule is COc1ccc(-c2csc(C=Cc3c(C)nn(-c4ccc(F)cc4)c3Cl)n2)cc1. The maximum absolute atomic E-state index is 13.2. The number of halogens is 2. The predicted octanol–water partition coefficient (Wildman–Crippen LogP) is 6.28. The molecule has 4 nitrogen and oxygen atoms in total. The molecule has 0 aliphatic heterocycles. The molecule has 4 rings (SSSR count). The molecule has 0 bridgehead atoms. The van der Waals surface area contributed by atoms with Crippen molar-refractivity contribution in [2.45, 2.75) is 6.92 Å². The van der Waals surface area contributed by atoms with Crippen molar-refractivity contribution in [1.29, 1.82) is 0 Å². The van der Waals surface area contributed by atoms with Crippen LogP contribution in [0.5, 0.6) is 5.75 Å². The van der Waals surface area contributed by atoms with Crippen LogP contribution < -0.4 is 4.74 Å². The van der Waals surface area contributed by atoms with E-state index in [0.29, 0.717) is 10.8 Å². The first kappa shape index (κ1) is 19.4. The van der Waals surface area contributed by atoms with Crippen LogP contribution >= 0.6 is 22.9 Å². The van der Waals surface area contributed by atoms with Crippen molar-refractivity contribution in [3.63, 3.8) is 0 Å². The first-order valence-corrected chi connectivity index (χ1v) is 10.1. The highest BCUT2D eigenvalue weighted by atomic mass is 35.5. The van der Waals surface area contributed by atoms with Crippen LogP contribution in [0.4, 0.5) is 4.39 Å². The molecule has 2 aromatic heterocycles. The lowest BCUT2D eigenvalue weighted by Gasteiger charge is -2.02. The fourth-order valence-electron chi connectivity index (χ4n) is 2.87. The molecule has 7 heteroatoms. The van der Waals surface area contributed by atoms with Gasteiger partial charge in [-0.15, -0.1) is 11.3 Å². The van der Waals surface area contributed by atoms with E-state index in [2.05, 4.69) is 10.1 Å². The molecule has 0 saturated heterocycles. The van der Waals surface area contributed by atoms with E-state index in [0.717, 1.165) is 33.3 Å². The van der Waals surface area contributed by atoms with E-state index >= 15 is 0 Å². The highest BCUT2D eigenvalue weighted by molar-refractivity contribution is 7.10. The zero-order valence-corrected chi connectivity index (χ0v) is 17.3. The molecule has 2 heterocycles. The van der Waals surface area contributed by atoms with E-state index < -0.39 is 0 Å². The second-order valence-corrected chi connectivity index (χ2v) is 7.56. The van der Waals surface area contributed by atoms with Crippen molar-refractivity contribution in [2.75, 3.05) is 7.11 Å². The fraction of sp³-hybridized carbons (Fsp3) is 0.0909. The van der Waals surface area contributed by atoms with Gasteiger partial charge in [0.1, 0.15) is 21.7 Å². The summed E-state index contributed by atoms with van der Waals surface area (Å²) in [5.74, 6) is 0.512. The topological polar surface area (TPSA) is 39.9 Å². The van der Waals surface area contributed by atoms with Gasteiger partial charge in [0, 0.05) is 16.5 Å². The number of aryl methyl sites for hydroxylation is 1. The van der Waals surface area contributed by atoms with Gasteiger partial charge in [0.2, 0.25) is 0 Å². The Labute approximate surface area is 176 Å². The lowest BCUT2D eigenvalue weighted by atomic mass is 10.2. The molecule has 0 fully saturated rings. The lowest BCUT2D eigenvalue weighted by molar-refractivity contribution is 0.415. The summed E-state index contributed by atoms with van der Waals surface area (Å²) in [6.45, 7) is 1.89. The van der Waals surface area contributed by atoms with Crippen LogP contribution in [0.2, 0.25) is 5.15 Å². The molecule has 0 unspecified atom stereocenters. The summed E-state index contributed by atoms with van der Waals surface area (Å²) in [7, 11) is 1.64. The number of benzene rings is 2. The van der Waals surface area contributed by atoms with Gasteiger partial charge in [-0.05, 0) is 67.6 Å². The van der Waals surface area contributed by atoms with Gasteiger partial charge in [0.25, 0.3) is 0 Å². The van der Waals surface area contributed by atoms with Crippen molar-refractivity contribution in [3.8, 4) is 22.7 Å². The summed E-state index contributed by atoms with van der Waals surface area (Å²) < 4.78 is 20.0. The highest BCUT2D eigenvalue weighted by Crippen LogP contribution is 2.28. The Morgan fingerprint density at radius 3 is 2.48 bits per heavy atom. The van der Waals surface area contributed by atoms with Gasteiger partial charge in [-0.2, -0.15) is 5.10 Å². The third kappa shape index (κ3) is 4.09. The molecular formula is C22H17ClFN3OS. The van der Waals surface area contributed by atoms with E-state index in [4.69, 9.17) is 16.3 Å². The maximum atomic E-state index is 13.2. The zero-order chi connectivity index (χ0) is 20.4. The predicted molar refractivity (Wildman–Crippen MR) is 116 cm³/mol. The summed E-state index contributed by atoms with van der Waals surface area (Å²) >= 11 is 8.08. The van der Waals surface area contributed by atoms with Crippen molar-refractivity contribution < 1.29 is 9.13 Å². The molecule has 0 saturated carbocycles. The largest absolute Gasteiger partial charge is 0.497 e. The fourth-order valence-corrected chi connectivity index (χ4v) is 3.92. The van der Waals surface area contributed by atoms with Crippen LogP contribution in [-0.4, -0.2) is 21.9 Å². The number of thiazole rings is 1. The molecule has 0 amide bonds. The Morgan fingerprint density at radius 2 is 1.79 bits per heavy atom. The second kappa shape index (κ2) is 8.19. The van der Waals surface area contributed by atoms with Gasteiger partial charge in [-0.1, -0.05) is 11.6 Å². The Bertz CT molecular complexity index is 1160. The highest BCUT2D eigenvalue weighted by Gasteiger charge is 2.13. The standard InChI is InChI=1S/C22H17ClFN3OS/c1-14-19(22(23)27(26-14)17-7-5-16(24)6-8-17)11-12-21-25-20(13-29-21)15-3-9-18(28-2)10-4-15/h3-13H,1-2H3. The number of ether oxygens (including phenoxy) is 1. The lowest BCUT2D eigenvalue weighted by Crippen LogP contribution is -1.96. The molecule has 4 aromatic rings. The Hall–Kier alpha value is -2.96. The monoisotopic (exact) mass is 425 g/mol. The van der Waals surface area contributed by atoms with Crippen LogP contribution in [0.3, 0.4) is 0 Å². The van der Waals surface area contributed by atoms with Gasteiger partial charge in [0.05, 0.1) is 24.2 Å². The smallest absolute Gasteiger partial charge is 0.140 e. The normalized spacial score (nSPS) is 11.3. The van der Waals surface area contributed by atoms with Crippen LogP contribution in [0.1, 0.15) is 16.3 Å². The first-order valence-electron chi connectivity index (χ1n) is 8.84. The summed E-state index contributed by atoms with van der Waals surface area (Å²) in [6.07, 6.45) is 3.82. The minimum Gasteiger partial charge on any atom is -0.497 e. The summed E-state index contributed by atoms with van der Waals surface area (Å²) in [5.41, 5.74) is 4.22. The summed E-state index contributed by atoms with van der Waals surface area (Å²) in [6, 6.07) is 13.8. The molecule has 0 aliphatic rings. The third-order valence-electron chi connectivity index (χ3n) is 4.42. The molecule has 0 aliphatic carbocycles. The van der Waals surface area contributed by atoms with Gasteiger partial charge in [-0.3, -0.25) is 0 Å².